The Balaban J connectivity index is 1.56. The van der Waals surface area contributed by atoms with Gasteiger partial charge in [0.1, 0.15) is 11.6 Å². The molecule has 0 bridgehead atoms. The highest BCUT2D eigenvalue weighted by Crippen LogP contribution is 2.50. The van der Waals surface area contributed by atoms with Crippen molar-refractivity contribution in [2.45, 2.75) is 25.4 Å². The van der Waals surface area contributed by atoms with Crippen molar-refractivity contribution < 1.29 is 18.7 Å². The fourth-order valence-electron chi connectivity index (χ4n) is 4.26. The molecule has 2 fully saturated rings. The molecule has 1 aliphatic carbocycles. The van der Waals surface area contributed by atoms with Crippen molar-refractivity contribution in [2.75, 3.05) is 13.1 Å². The number of aliphatic hydroxyl groups is 1. The molecule has 5 heteroatoms. The van der Waals surface area contributed by atoms with Crippen LogP contribution in [0.5, 0.6) is 0 Å². The SMILES string of the molecule is Cc1ccc(C(=O)N2C[C@H]3CC[C@](O)(c4ccc(F)cc4)[C@H]3C2)o1. The van der Waals surface area contributed by atoms with Crippen LogP contribution in [0.25, 0.3) is 0 Å². The van der Waals surface area contributed by atoms with E-state index in [2.05, 4.69) is 0 Å². The van der Waals surface area contributed by atoms with Gasteiger partial charge in [-0.2, -0.15) is 0 Å². The molecule has 0 radical (unpaired) electrons. The van der Waals surface area contributed by atoms with Crippen molar-refractivity contribution in [1.82, 2.24) is 4.90 Å². The summed E-state index contributed by atoms with van der Waals surface area (Å²) < 4.78 is 18.6. The van der Waals surface area contributed by atoms with Crippen LogP contribution in [0, 0.1) is 24.6 Å². The average molecular weight is 329 g/mol. The minimum Gasteiger partial charge on any atom is -0.456 e. The van der Waals surface area contributed by atoms with Crippen molar-refractivity contribution >= 4 is 5.91 Å². The Bertz CT molecular complexity index is 769. The topological polar surface area (TPSA) is 53.7 Å². The third-order valence-electron chi connectivity index (χ3n) is 5.53. The van der Waals surface area contributed by atoms with Crippen LogP contribution in [0.3, 0.4) is 0 Å². The first kappa shape index (κ1) is 15.4. The lowest BCUT2D eigenvalue weighted by molar-refractivity contribution is -0.00607. The van der Waals surface area contributed by atoms with Crippen LogP contribution in [-0.4, -0.2) is 29.0 Å². The van der Waals surface area contributed by atoms with Crippen LogP contribution in [0.15, 0.2) is 40.8 Å². The van der Waals surface area contributed by atoms with Crippen molar-refractivity contribution in [1.29, 1.82) is 0 Å². The van der Waals surface area contributed by atoms with Crippen LogP contribution in [0.4, 0.5) is 4.39 Å². The third kappa shape index (κ3) is 2.35. The Hall–Kier alpha value is -2.14. The molecule has 2 heterocycles. The Kier molecular flexibility index (Phi) is 3.49. The van der Waals surface area contributed by atoms with E-state index >= 15 is 0 Å². The summed E-state index contributed by atoms with van der Waals surface area (Å²) in [6.07, 6.45) is 1.51. The molecule has 0 unspecified atom stereocenters. The Labute approximate surface area is 139 Å². The smallest absolute Gasteiger partial charge is 0.289 e. The van der Waals surface area contributed by atoms with E-state index in [0.717, 1.165) is 12.0 Å². The van der Waals surface area contributed by atoms with Crippen LogP contribution in [-0.2, 0) is 5.60 Å². The summed E-state index contributed by atoms with van der Waals surface area (Å²) in [5.74, 6) is 0.855. The minimum atomic E-state index is -0.994. The summed E-state index contributed by atoms with van der Waals surface area (Å²) in [6.45, 7) is 2.94. The highest BCUT2D eigenvalue weighted by Gasteiger charge is 2.53. The molecular weight excluding hydrogens is 309 g/mol. The average Bonchev–Trinajstić information content (AvgIpc) is 3.25. The van der Waals surface area contributed by atoms with Gasteiger partial charge in [-0.05, 0) is 55.5 Å². The lowest BCUT2D eigenvalue weighted by atomic mass is 9.82. The van der Waals surface area contributed by atoms with Gasteiger partial charge in [-0.15, -0.1) is 0 Å². The molecule has 2 aliphatic rings. The molecule has 0 spiro atoms. The number of nitrogens with zero attached hydrogens (tertiary/aromatic N) is 1. The number of hydrogen-bond donors (Lipinski definition) is 1. The normalized spacial score (nSPS) is 29.0. The maximum absolute atomic E-state index is 13.2. The molecule has 4 rings (SSSR count). The molecule has 1 aromatic heterocycles. The number of rotatable bonds is 2. The Morgan fingerprint density at radius 2 is 2.00 bits per heavy atom. The summed E-state index contributed by atoms with van der Waals surface area (Å²) >= 11 is 0. The van der Waals surface area contributed by atoms with Crippen LogP contribution in [0.1, 0.15) is 34.7 Å². The Morgan fingerprint density at radius 3 is 2.67 bits per heavy atom. The fourth-order valence-corrected chi connectivity index (χ4v) is 4.26. The number of likely N-dealkylation sites (tertiary alicyclic amines) is 1. The molecule has 2 aromatic rings. The molecule has 1 N–H and O–H groups in total. The van der Waals surface area contributed by atoms with Gasteiger partial charge in [0.25, 0.3) is 5.91 Å². The molecular formula is C19H20FNO3. The van der Waals surface area contributed by atoms with Gasteiger partial charge in [-0.1, -0.05) is 12.1 Å². The molecule has 126 valence electrons. The molecule has 1 saturated carbocycles. The van der Waals surface area contributed by atoms with Gasteiger partial charge in [0.15, 0.2) is 5.76 Å². The summed E-state index contributed by atoms with van der Waals surface area (Å²) in [5, 5.41) is 11.2. The molecule has 1 aliphatic heterocycles. The summed E-state index contributed by atoms with van der Waals surface area (Å²) in [4.78, 5) is 14.3. The number of carbonyl (C=O) groups excluding carboxylic acids is 1. The summed E-state index contributed by atoms with van der Waals surface area (Å²) in [7, 11) is 0. The molecule has 24 heavy (non-hydrogen) atoms. The molecule has 1 saturated heterocycles. The molecule has 4 nitrogen and oxygen atoms in total. The second-order valence-corrected chi connectivity index (χ2v) is 6.96. The first-order valence-corrected chi connectivity index (χ1v) is 8.31. The first-order chi connectivity index (χ1) is 11.5. The van der Waals surface area contributed by atoms with E-state index in [1.165, 1.54) is 12.1 Å². The van der Waals surface area contributed by atoms with Gasteiger partial charge in [0, 0.05) is 19.0 Å². The number of halogens is 1. The highest BCUT2D eigenvalue weighted by molar-refractivity contribution is 5.91. The highest BCUT2D eigenvalue weighted by atomic mass is 19.1. The minimum absolute atomic E-state index is 0.0250. The van der Waals surface area contributed by atoms with Crippen LogP contribution >= 0.6 is 0 Å². The monoisotopic (exact) mass is 329 g/mol. The molecule has 3 atom stereocenters. The summed E-state index contributed by atoms with van der Waals surface area (Å²) in [6, 6.07) is 9.53. The van der Waals surface area contributed by atoms with E-state index < -0.39 is 5.60 Å². The predicted octanol–water partition coefficient (Wildman–Crippen LogP) is 3.10. The largest absolute Gasteiger partial charge is 0.456 e. The van der Waals surface area contributed by atoms with Gasteiger partial charge < -0.3 is 14.4 Å². The van der Waals surface area contributed by atoms with E-state index in [1.807, 2.05) is 6.92 Å². The van der Waals surface area contributed by atoms with Gasteiger partial charge >= 0.3 is 0 Å². The number of fused-ring (bicyclic) bond motifs is 1. The van der Waals surface area contributed by atoms with E-state index in [-0.39, 0.29) is 23.6 Å². The van der Waals surface area contributed by atoms with E-state index in [9.17, 15) is 14.3 Å². The fraction of sp³-hybridized carbons (Fsp3) is 0.421. The number of amides is 1. The van der Waals surface area contributed by atoms with Gasteiger partial charge in [-0.25, -0.2) is 4.39 Å². The van der Waals surface area contributed by atoms with Crippen LogP contribution < -0.4 is 0 Å². The van der Waals surface area contributed by atoms with Gasteiger partial charge in [-0.3, -0.25) is 4.79 Å². The number of benzene rings is 1. The van der Waals surface area contributed by atoms with E-state index in [1.54, 1.807) is 29.2 Å². The zero-order chi connectivity index (χ0) is 16.9. The third-order valence-corrected chi connectivity index (χ3v) is 5.53. The number of furan rings is 1. The Morgan fingerprint density at radius 1 is 1.25 bits per heavy atom. The maximum Gasteiger partial charge on any atom is 0.289 e. The lowest BCUT2D eigenvalue weighted by Crippen LogP contribution is -2.36. The van der Waals surface area contributed by atoms with Gasteiger partial charge in [0.05, 0.1) is 5.60 Å². The predicted molar refractivity (Wildman–Crippen MR) is 85.9 cm³/mol. The van der Waals surface area contributed by atoms with E-state index in [0.29, 0.717) is 31.0 Å². The lowest BCUT2D eigenvalue weighted by Gasteiger charge is -2.30. The van der Waals surface area contributed by atoms with Crippen LogP contribution in [0.2, 0.25) is 0 Å². The summed E-state index contributed by atoms with van der Waals surface area (Å²) in [5.41, 5.74) is -0.258. The van der Waals surface area contributed by atoms with Crippen molar-refractivity contribution in [3.63, 3.8) is 0 Å². The maximum atomic E-state index is 13.2. The number of hydrogen-bond acceptors (Lipinski definition) is 3. The van der Waals surface area contributed by atoms with Gasteiger partial charge in [0.2, 0.25) is 0 Å². The van der Waals surface area contributed by atoms with E-state index in [4.69, 9.17) is 4.42 Å². The molecule has 1 aromatic carbocycles. The standard InChI is InChI=1S/C19H20FNO3/c1-12-2-7-17(24-12)18(22)21-10-13-8-9-19(23,16(13)11-21)14-3-5-15(20)6-4-14/h2-7,13,16,23H,8-11H2,1H3/t13-,16+,19+/m1/s1. The van der Waals surface area contributed by atoms with Crippen molar-refractivity contribution in [3.8, 4) is 0 Å². The zero-order valence-electron chi connectivity index (χ0n) is 13.5. The van der Waals surface area contributed by atoms with Crippen molar-refractivity contribution in [2.24, 2.45) is 11.8 Å². The quantitative estimate of drug-likeness (QED) is 0.921. The first-order valence-electron chi connectivity index (χ1n) is 8.31. The number of aryl methyl sites for hydroxylation is 1. The second-order valence-electron chi connectivity index (χ2n) is 6.96. The van der Waals surface area contributed by atoms with Crippen molar-refractivity contribution in [3.05, 3.63) is 59.3 Å². The molecule has 1 amide bonds. The number of carbonyl (C=O) groups is 1. The second kappa shape index (κ2) is 5.45. The zero-order valence-corrected chi connectivity index (χ0v) is 13.5.